The Morgan fingerprint density at radius 3 is 2.58 bits per heavy atom. The molecule has 1 aliphatic rings. The van der Waals surface area contributed by atoms with Gasteiger partial charge in [-0.2, -0.15) is 0 Å². The van der Waals surface area contributed by atoms with E-state index in [0.29, 0.717) is 0 Å². The van der Waals surface area contributed by atoms with Gasteiger partial charge in [0.05, 0.1) is 6.61 Å². The van der Waals surface area contributed by atoms with Crippen LogP contribution in [0.1, 0.15) is 0 Å². The molecule has 6 heteroatoms. The number of aliphatic hydroxyl groups excluding tert-OH is 3. The zero-order chi connectivity index (χ0) is 9.14. The Bertz CT molecular complexity index is 160. The standard InChI is InChI=1S/C6H10O6/c7-2-12-3-1-11-6(10)5(9)4(3)8/h2-6,8-10H,1H2/t3-,4+,5-,6?/m1/s1. The molecule has 1 fully saturated rings. The van der Waals surface area contributed by atoms with Crippen molar-refractivity contribution in [3.05, 3.63) is 0 Å². The van der Waals surface area contributed by atoms with E-state index < -0.39 is 24.6 Å². The minimum absolute atomic E-state index is 0.127. The minimum atomic E-state index is -1.44. The van der Waals surface area contributed by atoms with Crippen molar-refractivity contribution in [3.8, 4) is 0 Å². The Kier molecular flexibility index (Phi) is 2.99. The summed E-state index contributed by atoms with van der Waals surface area (Å²) in [7, 11) is 0. The largest absolute Gasteiger partial charge is 0.459 e. The van der Waals surface area contributed by atoms with Gasteiger partial charge in [0.2, 0.25) is 0 Å². The van der Waals surface area contributed by atoms with Crippen LogP contribution in [0.3, 0.4) is 0 Å². The van der Waals surface area contributed by atoms with Crippen molar-refractivity contribution in [2.24, 2.45) is 0 Å². The van der Waals surface area contributed by atoms with E-state index >= 15 is 0 Å². The number of hydrogen-bond donors (Lipinski definition) is 3. The summed E-state index contributed by atoms with van der Waals surface area (Å²) < 4.78 is 8.97. The SMILES string of the molecule is O=CO[C@@H]1COC(O)[C@H](O)[C@H]1O. The fourth-order valence-corrected chi connectivity index (χ4v) is 0.970. The molecule has 0 amide bonds. The molecule has 1 unspecified atom stereocenters. The van der Waals surface area contributed by atoms with Crippen molar-refractivity contribution >= 4 is 6.47 Å². The zero-order valence-electron chi connectivity index (χ0n) is 6.16. The first-order valence-corrected chi connectivity index (χ1v) is 3.41. The molecular formula is C6H10O6. The fraction of sp³-hybridized carbons (Fsp3) is 0.833. The fourth-order valence-electron chi connectivity index (χ4n) is 0.970. The molecule has 3 N–H and O–H groups in total. The average Bonchev–Trinajstić information content (AvgIpc) is 2.07. The van der Waals surface area contributed by atoms with Gasteiger partial charge in [-0.15, -0.1) is 0 Å². The molecule has 12 heavy (non-hydrogen) atoms. The van der Waals surface area contributed by atoms with Crippen molar-refractivity contribution in [1.82, 2.24) is 0 Å². The third kappa shape index (κ3) is 1.72. The topological polar surface area (TPSA) is 96.2 Å². The second-order valence-electron chi connectivity index (χ2n) is 2.48. The van der Waals surface area contributed by atoms with E-state index in [9.17, 15) is 4.79 Å². The molecule has 0 bridgehead atoms. The minimum Gasteiger partial charge on any atom is -0.459 e. The molecule has 0 aliphatic carbocycles. The number of carbonyl (C=O) groups excluding carboxylic acids is 1. The molecular weight excluding hydrogens is 168 g/mol. The van der Waals surface area contributed by atoms with Crippen molar-refractivity contribution in [2.45, 2.75) is 24.6 Å². The highest BCUT2D eigenvalue weighted by atomic mass is 16.6. The third-order valence-electron chi connectivity index (χ3n) is 1.68. The van der Waals surface area contributed by atoms with Crippen molar-refractivity contribution in [3.63, 3.8) is 0 Å². The number of ether oxygens (including phenoxy) is 2. The maximum absolute atomic E-state index is 9.87. The molecule has 4 atom stereocenters. The van der Waals surface area contributed by atoms with Gasteiger partial charge < -0.3 is 24.8 Å². The quantitative estimate of drug-likeness (QED) is 0.408. The summed E-state index contributed by atoms with van der Waals surface area (Å²) in [6.45, 7) is 0.0276. The summed E-state index contributed by atoms with van der Waals surface area (Å²) in [6, 6.07) is 0. The normalized spacial score (nSPS) is 42.2. The van der Waals surface area contributed by atoms with Crippen LogP contribution in [0.5, 0.6) is 0 Å². The smallest absolute Gasteiger partial charge is 0.293 e. The zero-order valence-corrected chi connectivity index (χ0v) is 6.16. The molecule has 6 nitrogen and oxygen atoms in total. The highest BCUT2D eigenvalue weighted by Gasteiger charge is 2.38. The highest BCUT2D eigenvalue weighted by molar-refractivity contribution is 5.37. The first-order chi connectivity index (χ1) is 5.66. The second kappa shape index (κ2) is 3.81. The molecule has 0 aromatic carbocycles. The molecule has 0 aromatic heterocycles. The van der Waals surface area contributed by atoms with Crippen LogP contribution in [0.25, 0.3) is 0 Å². The van der Waals surface area contributed by atoms with Crippen molar-refractivity contribution in [2.75, 3.05) is 6.61 Å². The van der Waals surface area contributed by atoms with E-state index in [4.69, 9.17) is 15.3 Å². The maximum Gasteiger partial charge on any atom is 0.293 e. The van der Waals surface area contributed by atoms with Gasteiger partial charge >= 0.3 is 0 Å². The first kappa shape index (κ1) is 9.40. The van der Waals surface area contributed by atoms with Gasteiger partial charge in [-0.3, -0.25) is 4.79 Å². The molecule has 1 aliphatic heterocycles. The van der Waals surface area contributed by atoms with E-state index in [-0.39, 0.29) is 13.1 Å². The number of rotatable bonds is 2. The number of carbonyl (C=O) groups is 1. The Labute approximate surface area is 68.3 Å². The van der Waals surface area contributed by atoms with Crippen LogP contribution in [0.4, 0.5) is 0 Å². The van der Waals surface area contributed by atoms with Crippen LogP contribution < -0.4 is 0 Å². The predicted octanol–water partition coefficient (Wildman–Crippen LogP) is -2.40. The van der Waals surface area contributed by atoms with Gasteiger partial charge in [0.25, 0.3) is 6.47 Å². The van der Waals surface area contributed by atoms with Gasteiger partial charge in [0.1, 0.15) is 12.2 Å². The molecule has 0 radical (unpaired) electrons. The summed E-state index contributed by atoms with van der Waals surface area (Å²) in [4.78, 5) is 9.87. The Morgan fingerprint density at radius 2 is 2.00 bits per heavy atom. The van der Waals surface area contributed by atoms with Gasteiger partial charge in [0.15, 0.2) is 12.4 Å². The second-order valence-corrected chi connectivity index (χ2v) is 2.48. The van der Waals surface area contributed by atoms with Crippen LogP contribution in [-0.2, 0) is 14.3 Å². The van der Waals surface area contributed by atoms with Crippen LogP contribution in [-0.4, -0.2) is 53.0 Å². The molecule has 1 saturated heterocycles. The van der Waals surface area contributed by atoms with Gasteiger partial charge in [-0.05, 0) is 0 Å². The Hall–Kier alpha value is -0.690. The maximum atomic E-state index is 9.87. The molecule has 0 spiro atoms. The summed E-state index contributed by atoms with van der Waals surface area (Å²) in [5, 5.41) is 27.0. The lowest BCUT2D eigenvalue weighted by Crippen LogP contribution is -2.53. The van der Waals surface area contributed by atoms with E-state index in [1.807, 2.05) is 0 Å². The summed E-state index contributed by atoms with van der Waals surface area (Å²) >= 11 is 0. The predicted molar refractivity (Wildman–Crippen MR) is 34.9 cm³/mol. The van der Waals surface area contributed by atoms with E-state index in [0.717, 1.165) is 0 Å². The third-order valence-corrected chi connectivity index (χ3v) is 1.68. The summed E-state index contributed by atoms with van der Waals surface area (Å²) in [6.07, 6.45) is -5.09. The lowest BCUT2D eigenvalue weighted by atomic mass is 10.1. The van der Waals surface area contributed by atoms with Crippen LogP contribution in [0.15, 0.2) is 0 Å². The molecule has 1 rings (SSSR count). The van der Waals surface area contributed by atoms with Crippen LogP contribution in [0, 0.1) is 0 Å². The molecule has 1 heterocycles. The van der Waals surface area contributed by atoms with E-state index in [1.165, 1.54) is 0 Å². The van der Waals surface area contributed by atoms with E-state index in [1.54, 1.807) is 0 Å². The summed E-state index contributed by atoms with van der Waals surface area (Å²) in [5.41, 5.74) is 0. The van der Waals surface area contributed by atoms with Crippen LogP contribution in [0.2, 0.25) is 0 Å². The molecule has 0 saturated carbocycles. The molecule has 0 aromatic rings. The lowest BCUT2D eigenvalue weighted by Gasteiger charge is -2.33. The number of aliphatic hydroxyl groups is 3. The Balaban J connectivity index is 2.52. The van der Waals surface area contributed by atoms with Crippen molar-refractivity contribution in [1.29, 1.82) is 0 Å². The Morgan fingerprint density at radius 1 is 1.33 bits per heavy atom. The first-order valence-electron chi connectivity index (χ1n) is 3.41. The lowest BCUT2D eigenvalue weighted by molar-refractivity contribution is -0.254. The van der Waals surface area contributed by atoms with Gasteiger partial charge in [-0.1, -0.05) is 0 Å². The number of hydrogen-bond acceptors (Lipinski definition) is 6. The average molecular weight is 178 g/mol. The summed E-state index contributed by atoms with van der Waals surface area (Å²) in [5.74, 6) is 0. The highest BCUT2D eigenvalue weighted by Crippen LogP contribution is 2.15. The van der Waals surface area contributed by atoms with E-state index in [2.05, 4.69) is 9.47 Å². The molecule has 70 valence electrons. The van der Waals surface area contributed by atoms with Gasteiger partial charge in [-0.25, -0.2) is 0 Å². The van der Waals surface area contributed by atoms with Crippen molar-refractivity contribution < 1.29 is 29.6 Å². The monoisotopic (exact) mass is 178 g/mol. The van der Waals surface area contributed by atoms with Gasteiger partial charge in [0, 0.05) is 0 Å². The van der Waals surface area contributed by atoms with Crippen LogP contribution >= 0.6 is 0 Å².